The zero-order chi connectivity index (χ0) is 16.8. The van der Waals surface area contributed by atoms with E-state index in [0.29, 0.717) is 29.0 Å². The first kappa shape index (κ1) is 17.1. The second-order valence-electron chi connectivity index (χ2n) is 4.75. The summed E-state index contributed by atoms with van der Waals surface area (Å²) in [6.45, 7) is 4.55. The number of nitrogens with zero attached hydrogens (tertiary/aromatic N) is 3. The molecule has 0 bridgehead atoms. The number of benzene rings is 1. The zero-order valence-corrected chi connectivity index (χ0v) is 14.2. The predicted molar refractivity (Wildman–Crippen MR) is 87.7 cm³/mol. The highest BCUT2D eigenvalue weighted by Crippen LogP contribution is 2.31. The molecule has 1 amide bonds. The normalized spacial score (nSPS) is 12.0. The first-order valence-electron chi connectivity index (χ1n) is 7.20. The van der Waals surface area contributed by atoms with Crippen LogP contribution in [0, 0.1) is 0 Å². The number of methoxy groups -OCH3 is 1. The van der Waals surface area contributed by atoms with E-state index in [-0.39, 0.29) is 17.8 Å². The highest BCUT2D eigenvalue weighted by atomic mass is 32.2. The molecule has 0 saturated heterocycles. The van der Waals surface area contributed by atoms with Crippen LogP contribution in [0.15, 0.2) is 29.4 Å². The van der Waals surface area contributed by atoms with Crippen LogP contribution in [0.4, 0.5) is 0 Å². The zero-order valence-electron chi connectivity index (χ0n) is 13.4. The second kappa shape index (κ2) is 7.87. The molecule has 0 aliphatic heterocycles. The number of hydrogen-bond acceptors (Lipinski definition) is 6. The van der Waals surface area contributed by atoms with Crippen LogP contribution < -0.4 is 15.2 Å². The molecule has 7 nitrogen and oxygen atoms in total. The van der Waals surface area contributed by atoms with Crippen molar-refractivity contribution in [3.63, 3.8) is 0 Å². The maximum Gasteiger partial charge on any atom is 0.227 e. The number of primary amides is 1. The number of rotatable bonds is 8. The van der Waals surface area contributed by atoms with E-state index in [9.17, 15) is 4.79 Å². The lowest BCUT2D eigenvalue weighted by molar-refractivity contribution is -0.115. The largest absolute Gasteiger partial charge is 0.493 e. The average Bonchev–Trinajstić information content (AvgIpc) is 2.96. The molecule has 1 aromatic heterocycles. The van der Waals surface area contributed by atoms with E-state index in [1.165, 1.54) is 11.8 Å². The molecule has 2 rings (SSSR count). The molecular weight excluding hydrogens is 316 g/mol. The maximum absolute atomic E-state index is 10.9. The average molecular weight is 336 g/mol. The van der Waals surface area contributed by atoms with E-state index in [4.69, 9.17) is 15.2 Å². The van der Waals surface area contributed by atoms with Gasteiger partial charge in [-0.1, -0.05) is 23.9 Å². The van der Waals surface area contributed by atoms with Crippen LogP contribution in [0.2, 0.25) is 0 Å². The van der Waals surface area contributed by atoms with Crippen molar-refractivity contribution in [2.24, 2.45) is 5.73 Å². The van der Waals surface area contributed by atoms with E-state index in [1.54, 1.807) is 7.11 Å². The molecule has 23 heavy (non-hydrogen) atoms. The Morgan fingerprint density at radius 3 is 2.65 bits per heavy atom. The fraction of sp³-hybridized carbons (Fsp3) is 0.400. The Morgan fingerprint density at radius 2 is 2.04 bits per heavy atom. The third-order valence-electron chi connectivity index (χ3n) is 3.14. The van der Waals surface area contributed by atoms with Crippen molar-refractivity contribution >= 4 is 17.7 Å². The van der Waals surface area contributed by atoms with Crippen molar-refractivity contribution in [2.75, 3.05) is 12.9 Å². The predicted octanol–water partition coefficient (Wildman–Crippen LogP) is 2.02. The van der Waals surface area contributed by atoms with Gasteiger partial charge in [0.05, 0.1) is 12.9 Å². The van der Waals surface area contributed by atoms with Crippen LogP contribution in [0.25, 0.3) is 0 Å². The summed E-state index contributed by atoms with van der Waals surface area (Å²) in [5, 5.41) is 8.96. The molecule has 0 aliphatic carbocycles. The Hall–Kier alpha value is -2.22. The number of ether oxygens (including phenoxy) is 2. The Labute approximate surface area is 139 Å². The van der Waals surface area contributed by atoms with Gasteiger partial charge < -0.3 is 19.8 Å². The van der Waals surface area contributed by atoms with Gasteiger partial charge in [-0.05, 0) is 26.0 Å². The van der Waals surface area contributed by atoms with Gasteiger partial charge >= 0.3 is 0 Å². The second-order valence-corrected chi connectivity index (χ2v) is 5.69. The van der Waals surface area contributed by atoms with Gasteiger partial charge in [0.15, 0.2) is 28.6 Å². The van der Waals surface area contributed by atoms with Gasteiger partial charge in [0.1, 0.15) is 0 Å². The summed E-state index contributed by atoms with van der Waals surface area (Å²) >= 11 is 1.27. The van der Waals surface area contributed by atoms with E-state index >= 15 is 0 Å². The molecule has 0 spiro atoms. The summed E-state index contributed by atoms with van der Waals surface area (Å²) < 4.78 is 13.2. The Balaban J connectivity index is 2.18. The number of para-hydroxylation sites is 2. The number of aromatic nitrogens is 3. The Kier molecular flexibility index (Phi) is 5.86. The molecule has 124 valence electrons. The van der Waals surface area contributed by atoms with Crippen molar-refractivity contribution in [3.8, 4) is 11.5 Å². The summed E-state index contributed by atoms with van der Waals surface area (Å²) in [5.74, 6) is 1.76. The van der Waals surface area contributed by atoms with E-state index in [1.807, 2.05) is 42.7 Å². The maximum atomic E-state index is 10.9. The summed E-state index contributed by atoms with van der Waals surface area (Å²) in [6.07, 6.45) is -0.318. The Morgan fingerprint density at radius 1 is 1.35 bits per heavy atom. The summed E-state index contributed by atoms with van der Waals surface area (Å²) in [4.78, 5) is 10.9. The van der Waals surface area contributed by atoms with E-state index in [2.05, 4.69) is 10.2 Å². The summed E-state index contributed by atoms with van der Waals surface area (Å²) in [5.41, 5.74) is 5.18. The number of thioether (sulfide) groups is 1. The van der Waals surface area contributed by atoms with Gasteiger partial charge in [0.25, 0.3) is 0 Å². The molecule has 0 saturated carbocycles. The van der Waals surface area contributed by atoms with Crippen LogP contribution in [-0.4, -0.2) is 33.5 Å². The van der Waals surface area contributed by atoms with Gasteiger partial charge in [-0.25, -0.2) is 0 Å². The number of nitrogens with two attached hydrogens (primary N) is 1. The Bertz CT molecular complexity index is 674. The molecule has 0 radical (unpaired) electrons. The van der Waals surface area contributed by atoms with Gasteiger partial charge in [0.2, 0.25) is 5.91 Å². The quantitative estimate of drug-likeness (QED) is 0.742. The number of amides is 1. The van der Waals surface area contributed by atoms with Crippen LogP contribution in [0.3, 0.4) is 0 Å². The van der Waals surface area contributed by atoms with Gasteiger partial charge in [-0.2, -0.15) is 0 Å². The fourth-order valence-corrected chi connectivity index (χ4v) is 2.85. The minimum absolute atomic E-state index is 0.167. The fourth-order valence-electron chi connectivity index (χ4n) is 2.10. The van der Waals surface area contributed by atoms with Crippen molar-refractivity contribution in [1.82, 2.24) is 14.8 Å². The SMILES string of the molecule is CCn1c(SCC(N)=O)nnc1C(C)Oc1ccccc1OC. The minimum Gasteiger partial charge on any atom is -0.493 e. The molecule has 2 aromatic rings. The lowest BCUT2D eigenvalue weighted by Gasteiger charge is -2.17. The minimum atomic E-state index is -0.388. The smallest absolute Gasteiger partial charge is 0.227 e. The lowest BCUT2D eigenvalue weighted by atomic mass is 10.3. The van der Waals surface area contributed by atoms with Gasteiger partial charge in [-0.3, -0.25) is 4.79 Å². The van der Waals surface area contributed by atoms with Crippen LogP contribution in [0.1, 0.15) is 25.8 Å². The molecule has 1 aromatic carbocycles. The lowest BCUT2D eigenvalue weighted by Crippen LogP contribution is -2.15. The van der Waals surface area contributed by atoms with Crippen LogP contribution in [-0.2, 0) is 11.3 Å². The highest BCUT2D eigenvalue weighted by molar-refractivity contribution is 7.99. The number of carbonyl (C=O) groups is 1. The van der Waals surface area contributed by atoms with Crippen molar-refractivity contribution in [3.05, 3.63) is 30.1 Å². The topological polar surface area (TPSA) is 92.3 Å². The van der Waals surface area contributed by atoms with Gasteiger partial charge in [0, 0.05) is 6.54 Å². The first-order chi connectivity index (χ1) is 11.1. The van der Waals surface area contributed by atoms with Crippen molar-refractivity contribution in [1.29, 1.82) is 0 Å². The van der Waals surface area contributed by atoms with E-state index in [0.717, 1.165) is 0 Å². The summed E-state index contributed by atoms with van der Waals surface area (Å²) in [6, 6.07) is 7.43. The number of hydrogen-bond donors (Lipinski definition) is 1. The first-order valence-corrected chi connectivity index (χ1v) is 8.19. The molecule has 2 N–H and O–H groups in total. The molecule has 8 heteroatoms. The van der Waals surface area contributed by atoms with Gasteiger partial charge in [-0.15, -0.1) is 10.2 Å². The molecule has 0 aliphatic rings. The van der Waals surface area contributed by atoms with Crippen molar-refractivity contribution < 1.29 is 14.3 Å². The monoisotopic (exact) mass is 336 g/mol. The third-order valence-corrected chi connectivity index (χ3v) is 4.13. The molecule has 1 atom stereocenters. The molecule has 1 unspecified atom stereocenters. The molecular formula is C15H20N4O3S. The molecule has 0 fully saturated rings. The van der Waals surface area contributed by atoms with Crippen LogP contribution in [0.5, 0.6) is 11.5 Å². The number of carbonyl (C=O) groups excluding carboxylic acids is 1. The summed E-state index contributed by atoms with van der Waals surface area (Å²) in [7, 11) is 1.60. The highest BCUT2D eigenvalue weighted by Gasteiger charge is 2.20. The standard InChI is InChI=1S/C15H20N4O3S/c1-4-19-14(17-18-15(19)23-9-13(16)20)10(2)22-12-8-6-5-7-11(12)21-3/h5-8,10H,4,9H2,1-3H3,(H2,16,20). The van der Waals surface area contributed by atoms with Crippen molar-refractivity contribution in [2.45, 2.75) is 31.7 Å². The van der Waals surface area contributed by atoms with Crippen LogP contribution >= 0.6 is 11.8 Å². The van der Waals surface area contributed by atoms with E-state index < -0.39 is 0 Å². The molecule has 1 heterocycles. The third kappa shape index (κ3) is 4.16.